The molecule has 0 aliphatic heterocycles. The van der Waals surface area contributed by atoms with Crippen LogP contribution < -0.4 is 10.6 Å². The van der Waals surface area contributed by atoms with Gasteiger partial charge < -0.3 is 20.5 Å². The lowest BCUT2D eigenvalue weighted by Gasteiger charge is -2.27. The maximum absolute atomic E-state index is 12.4. The molecule has 1 fully saturated rings. The SMILES string of the molecule is O=C(O)C#CCNC(=O)C1CCC(CNC(=O)OCC2c3ccccc3-c3ccccc32)CC1. The third-order valence-corrected chi connectivity index (χ3v) is 6.64. The topological polar surface area (TPSA) is 105 Å². The summed E-state index contributed by atoms with van der Waals surface area (Å²) in [5, 5.41) is 14.0. The molecule has 2 aliphatic rings. The van der Waals surface area contributed by atoms with Crippen molar-refractivity contribution >= 4 is 18.0 Å². The second kappa shape index (κ2) is 10.9. The van der Waals surface area contributed by atoms with Gasteiger partial charge in [-0.1, -0.05) is 54.5 Å². The summed E-state index contributed by atoms with van der Waals surface area (Å²) in [5.74, 6) is 3.31. The molecular formula is C27H28N2O5. The fourth-order valence-corrected chi connectivity index (χ4v) is 4.90. The molecule has 0 radical (unpaired) electrons. The summed E-state index contributed by atoms with van der Waals surface area (Å²) in [7, 11) is 0. The normalized spacial score (nSPS) is 18.6. The number of benzene rings is 2. The second-order valence-corrected chi connectivity index (χ2v) is 8.75. The second-order valence-electron chi connectivity index (χ2n) is 8.75. The van der Waals surface area contributed by atoms with Crippen LogP contribution in [0.4, 0.5) is 4.79 Å². The Morgan fingerprint density at radius 3 is 2.15 bits per heavy atom. The van der Waals surface area contributed by atoms with Crippen molar-refractivity contribution in [2.45, 2.75) is 31.6 Å². The van der Waals surface area contributed by atoms with E-state index in [-0.39, 0.29) is 30.9 Å². The summed E-state index contributed by atoms with van der Waals surface area (Å²) in [6.45, 7) is 0.848. The van der Waals surface area contributed by atoms with E-state index in [2.05, 4.69) is 40.8 Å². The van der Waals surface area contributed by atoms with Crippen LogP contribution in [0.1, 0.15) is 42.7 Å². The van der Waals surface area contributed by atoms with Crippen LogP contribution in [0.25, 0.3) is 11.1 Å². The molecule has 1 saturated carbocycles. The zero-order valence-corrected chi connectivity index (χ0v) is 18.9. The Kier molecular flexibility index (Phi) is 7.48. The predicted octanol–water partition coefficient (Wildman–Crippen LogP) is 3.54. The number of alkyl carbamates (subject to hydrolysis) is 1. The van der Waals surface area contributed by atoms with Crippen LogP contribution in [0.5, 0.6) is 0 Å². The van der Waals surface area contributed by atoms with E-state index in [1.165, 1.54) is 22.3 Å². The van der Waals surface area contributed by atoms with Crippen LogP contribution in [-0.2, 0) is 14.3 Å². The molecule has 7 nitrogen and oxygen atoms in total. The first-order chi connectivity index (χ1) is 16.5. The number of carbonyl (C=O) groups excluding carboxylic acids is 2. The molecule has 0 heterocycles. The third-order valence-electron chi connectivity index (χ3n) is 6.64. The van der Waals surface area contributed by atoms with Gasteiger partial charge in [-0.2, -0.15) is 0 Å². The van der Waals surface area contributed by atoms with E-state index < -0.39 is 12.1 Å². The number of rotatable bonds is 6. The predicted molar refractivity (Wildman–Crippen MR) is 127 cm³/mol. The summed E-state index contributed by atoms with van der Waals surface area (Å²) < 4.78 is 5.59. The van der Waals surface area contributed by atoms with E-state index in [0.29, 0.717) is 12.5 Å². The molecule has 176 valence electrons. The van der Waals surface area contributed by atoms with Gasteiger partial charge in [0.1, 0.15) is 6.61 Å². The number of carboxylic acids is 1. The smallest absolute Gasteiger partial charge is 0.407 e. The van der Waals surface area contributed by atoms with Crippen LogP contribution in [0.2, 0.25) is 0 Å². The van der Waals surface area contributed by atoms with Gasteiger partial charge in [0.15, 0.2) is 0 Å². The van der Waals surface area contributed by atoms with Gasteiger partial charge in [0, 0.05) is 24.3 Å². The van der Waals surface area contributed by atoms with E-state index in [9.17, 15) is 14.4 Å². The Labute approximate surface area is 198 Å². The summed E-state index contributed by atoms with van der Waals surface area (Å²) in [4.78, 5) is 34.9. The Hall–Kier alpha value is -3.79. The van der Waals surface area contributed by atoms with E-state index in [1.807, 2.05) is 30.2 Å². The summed E-state index contributed by atoms with van der Waals surface area (Å²) >= 11 is 0. The van der Waals surface area contributed by atoms with Gasteiger partial charge >= 0.3 is 12.1 Å². The molecule has 0 saturated heterocycles. The van der Waals surface area contributed by atoms with E-state index in [4.69, 9.17) is 9.84 Å². The monoisotopic (exact) mass is 460 g/mol. The summed E-state index contributed by atoms with van der Waals surface area (Å²) in [6, 6.07) is 16.5. The maximum atomic E-state index is 12.4. The highest BCUT2D eigenvalue weighted by Gasteiger charge is 2.29. The molecule has 0 bridgehead atoms. The van der Waals surface area contributed by atoms with Gasteiger partial charge in [-0.15, -0.1) is 0 Å². The molecular weight excluding hydrogens is 432 g/mol. The lowest BCUT2D eigenvalue weighted by atomic mass is 9.81. The van der Waals surface area contributed by atoms with Crippen molar-refractivity contribution in [3.05, 3.63) is 59.7 Å². The Balaban J connectivity index is 1.19. The molecule has 7 heteroatoms. The highest BCUT2D eigenvalue weighted by Crippen LogP contribution is 2.44. The number of carboxylic acid groups (broad SMARTS) is 1. The minimum Gasteiger partial charge on any atom is -0.472 e. The summed E-state index contributed by atoms with van der Waals surface area (Å²) in [5.41, 5.74) is 4.76. The largest absolute Gasteiger partial charge is 0.472 e. The van der Waals surface area contributed by atoms with Crippen molar-refractivity contribution in [1.29, 1.82) is 0 Å². The molecule has 0 spiro atoms. The van der Waals surface area contributed by atoms with Crippen molar-refractivity contribution < 1.29 is 24.2 Å². The summed E-state index contributed by atoms with van der Waals surface area (Å²) in [6.07, 6.45) is 2.72. The molecule has 3 N–H and O–H groups in total. The Bertz CT molecular complexity index is 1080. The lowest BCUT2D eigenvalue weighted by Crippen LogP contribution is -2.36. The number of nitrogens with one attached hydrogen (secondary N) is 2. The molecule has 2 amide bonds. The van der Waals surface area contributed by atoms with Gasteiger partial charge in [-0.3, -0.25) is 4.79 Å². The average Bonchev–Trinajstić information content (AvgIpc) is 3.18. The highest BCUT2D eigenvalue weighted by molar-refractivity contribution is 5.86. The standard InChI is InChI=1S/C27H28N2O5/c30-25(31)10-5-15-28-26(32)19-13-11-18(12-14-19)16-29-27(33)34-17-24-22-8-3-1-6-20(22)21-7-2-4-9-23(21)24/h1-4,6-9,18-19,24H,11-17H2,(H,28,32)(H,29,33)(H,30,31). The van der Waals surface area contributed by atoms with Crippen LogP contribution in [0, 0.1) is 23.7 Å². The fraction of sp³-hybridized carbons (Fsp3) is 0.370. The lowest BCUT2D eigenvalue weighted by molar-refractivity contribution is -0.130. The van der Waals surface area contributed by atoms with Gasteiger partial charge in [-0.25, -0.2) is 9.59 Å². The highest BCUT2D eigenvalue weighted by atomic mass is 16.5. The first-order valence-electron chi connectivity index (χ1n) is 11.6. The number of amides is 2. The number of fused-ring (bicyclic) bond motifs is 3. The van der Waals surface area contributed by atoms with E-state index >= 15 is 0 Å². The first kappa shape index (κ1) is 23.4. The molecule has 4 rings (SSSR count). The fourth-order valence-electron chi connectivity index (χ4n) is 4.90. The van der Waals surface area contributed by atoms with Gasteiger partial charge in [0.2, 0.25) is 5.91 Å². The minimum absolute atomic E-state index is 0.0345. The number of aliphatic carboxylic acids is 1. The maximum Gasteiger partial charge on any atom is 0.407 e. The molecule has 0 aromatic heterocycles. The zero-order valence-electron chi connectivity index (χ0n) is 18.9. The van der Waals surface area contributed by atoms with E-state index in [1.54, 1.807) is 0 Å². The molecule has 2 aromatic carbocycles. The molecule has 34 heavy (non-hydrogen) atoms. The third kappa shape index (κ3) is 5.57. The van der Waals surface area contributed by atoms with Crippen molar-refractivity contribution in [1.82, 2.24) is 10.6 Å². The van der Waals surface area contributed by atoms with Gasteiger partial charge in [0.25, 0.3) is 0 Å². The van der Waals surface area contributed by atoms with Crippen LogP contribution in [-0.4, -0.2) is 42.8 Å². The Morgan fingerprint density at radius 2 is 1.53 bits per heavy atom. The van der Waals surface area contributed by atoms with Crippen molar-refractivity contribution in [2.24, 2.45) is 11.8 Å². The van der Waals surface area contributed by atoms with Crippen molar-refractivity contribution in [3.8, 4) is 23.0 Å². The first-order valence-corrected chi connectivity index (χ1v) is 11.6. The molecule has 2 aromatic rings. The average molecular weight is 461 g/mol. The zero-order chi connectivity index (χ0) is 23.9. The molecule has 0 unspecified atom stereocenters. The van der Waals surface area contributed by atoms with Gasteiger partial charge in [0.05, 0.1) is 6.54 Å². The number of hydrogen-bond acceptors (Lipinski definition) is 4. The van der Waals surface area contributed by atoms with Gasteiger partial charge in [-0.05, 0) is 53.9 Å². The number of ether oxygens (including phenoxy) is 1. The van der Waals surface area contributed by atoms with Crippen LogP contribution in [0.3, 0.4) is 0 Å². The van der Waals surface area contributed by atoms with Crippen molar-refractivity contribution in [3.63, 3.8) is 0 Å². The van der Waals surface area contributed by atoms with E-state index in [0.717, 1.165) is 25.7 Å². The van der Waals surface area contributed by atoms with Crippen LogP contribution >= 0.6 is 0 Å². The number of carbonyl (C=O) groups is 3. The molecule has 2 aliphatic carbocycles. The van der Waals surface area contributed by atoms with Crippen molar-refractivity contribution in [2.75, 3.05) is 19.7 Å². The molecule has 0 atom stereocenters. The quantitative estimate of drug-likeness (QED) is 0.572. The number of hydrogen-bond donors (Lipinski definition) is 3. The Morgan fingerprint density at radius 1 is 0.912 bits per heavy atom. The minimum atomic E-state index is -1.21. The van der Waals surface area contributed by atoms with Crippen LogP contribution in [0.15, 0.2) is 48.5 Å².